The zero-order valence-electron chi connectivity index (χ0n) is 9.71. The maximum atomic E-state index is 4.72. The summed E-state index contributed by atoms with van der Waals surface area (Å²) in [6.07, 6.45) is 3.76. The number of hydrogen-bond acceptors (Lipinski definition) is 2. The Labute approximate surface area is 91.6 Å². The SMILES string of the molecule is CCCC(CC)c1nc(C(C)C)cs1. The van der Waals surface area contributed by atoms with E-state index in [1.165, 1.54) is 30.0 Å². The molecule has 1 nitrogen and oxygen atoms in total. The van der Waals surface area contributed by atoms with Crippen LogP contribution in [0.2, 0.25) is 0 Å². The van der Waals surface area contributed by atoms with Crippen molar-refractivity contribution in [2.24, 2.45) is 0 Å². The van der Waals surface area contributed by atoms with Crippen molar-refractivity contribution in [3.05, 3.63) is 16.1 Å². The molecule has 1 aromatic heterocycles. The molecular formula is C12H21NS. The van der Waals surface area contributed by atoms with Gasteiger partial charge in [-0.3, -0.25) is 0 Å². The summed E-state index contributed by atoms with van der Waals surface area (Å²) in [5, 5.41) is 3.57. The van der Waals surface area contributed by atoms with Crippen molar-refractivity contribution < 1.29 is 0 Å². The lowest BCUT2D eigenvalue weighted by Crippen LogP contribution is -1.97. The quantitative estimate of drug-likeness (QED) is 0.695. The molecule has 14 heavy (non-hydrogen) atoms. The average Bonchev–Trinajstić information content (AvgIpc) is 2.63. The third kappa shape index (κ3) is 2.81. The predicted molar refractivity (Wildman–Crippen MR) is 64.1 cm³/mol. The van der Waals surface area contributed by atoms with Crippen LogP contribution >= 0.6 is 11.3 Å². The van der Waals surface area contributed by atoms with Gasteiger partial charge in [-0.05, 0) is 18.8 Å². The van der Waals surface area contributed by atoms with Gasteiger partial charge in [0.1, 0.15) is 0 Å². The Morgan fingerprint density at radius 1 is 1.36 bits per heavy atom. The molecular weight excluding hydrogens is 190 g/mol. The molecule has 0 fully saturated rings. The number of rotatable bonds is 5. The molecule has 0 aliphatic carbocycles. The number of aromatic nitrogens is 1. The molecule has 0 aliphatic rings. The molecule has 2 heteroatoms. The van der Waals surface area contributed by atoms with Crippen molar-refractivity contribution in [2.45, 2.75) is 58.8 Å². The van der Waals surface area contributed by atoms with Crippen LogP contribution in [-0.2, 0) is 0 Å². The first-order valence-corrected chi connectivity index (χ1v) is 6.52. The van der Waals surface area contributed by atoms with Gasteiger partial charge in [-0.2, -0.15) is 0 Å². The van der Waals surface area contributed by atoms with Crippen LogP contribution in [-0.4, -0.2) is 4.98 Å². The molecule has 1 atom stereocenters. The van der Waals surface area contributed by atoms with Crippen molar-refractivity contribution in [3.8, 4) is 0 Å². The molecule has 1 rings (SSSR count). The molecule has 0 spiro atoms. The van der Waals surface area contributed by atoms with Gasteiger partial charge >= 0.3 is 0 Å². The van der Waals surface area contributed by atoms with Gasteiger partial charge in [-0.15, -0.1) is 11.3 Å². The summed E-state index contributed by atoms with van der Waals surface area (Å²) in [5.41, 5.74) is 1.26. The van der Waals surface area contributed by atoms with Crippen LogP contribution in [0, 0.1) is 0 Å². The van der Waals surface area contributed by atoms with Gasteiger partial charge in [0.05, 0.1) is 10.7 Å². The van der Waals surface area contributed by atoms with Crippen LogP contribution in [0.4, 0.5) is 0 Å². The topological polar surface area (TPSA) is 12.9 Å². The van der Waals surface area contributed by atoms with Gasteiger partial charge in [0.15, 0.2) is 0 Å². The highest BCUT2D eigenvalue weighted by molar-refractivity contribution is 7.09. The summed E-state index contributed by atoms with van der Waals surface area (Å²) >= 11 is 1.84. The molecule has 0 radical (unpaired) electrons. The molecule has 0 aliphatic heterocycles. The van der Waals surface area contributed by atoms with Gasteiger partial charge in [-0.1, -0.05) is 34.1 Å². The van der Waals surface area contributed by atoms with E-state index in [0.717, 1.165) is 0 Å². The van der Waals surface area contributed by atoms with E-state index in [0.29, 0.717) is 11.8 Å². The average molecular weight is 211 g/mol. The second kappa shape index (κ2) is 5.50. The number of nitrogens with zero attached hydrogens (tertiary/aromatic N) is 1. The molecule has 0 aromatic carbocycles. The number of hydrogen-bond donors (Lipinski definition) is 0. The second-order valence-corrected chi connectivity index (χ2v) is 5.05. The van der Waals surface area contributed by atoms with Gasteiger partial charge in [0.2, 0.25) is 0 Å². The van der Waals surface area contributed by atoms with E-state index in [9.17, 15) is 0 Å². The first-order chi connectivity index (χ1) is 6.69. The van der Waals surface area contributed by atoms with Crippen molar-refractivity contribution in [2.75, 3.05) is 0 Å². The van der Waals surface area contributed by atoms with Gasteiger partial charge in [0, 0.05) is 11.3 Å². The van der Waals surface area contributed by atoms with E-state index >= 15 is 0 Å². The summed E-state index contributed by atoms with van der Waals surface area (Å²) in [4.78, 5) is 4.72. The van der Waals surface area contributed by atoms with Gasteiger partial charge < -0.3 is 0 Å². The lowest BCUT2D eigenvalue weighted by molar-refractivity contribution is 0.589. The van der Waals surface area contributed by atoms with Crippen LogP contribution in [0.25, 0.3) is 0 Å². The van der Waals surface area contributed by atoms with Gasteiger partial charge in [0.25, 0.3) is 0 Å². The maximum Gasteiger partial charge on any atom is 0.0959 e. The van der Waals surface area contributed by atoms with E-state index in [1.54, 1.807) is 0 Å². The first kappa shape index (κ1) is 11.7. The van der Waals surface area contributed by atoms with Crippen molar-refractivity contribution in [3.63, 3.8) is 0 Å². The summed E-state index contributed by atoms with van der Waals surface area (Å²) in [6, 6.07) is 0. The van der Waals surface area contributed by atoms with Crippen LogP contribution in [0.5, 0.6) is 0 Å². The highest BCUT2D eigenvalue weighted by Crippen LogP contribution is 2.29. The fraction of sp³-hybridized carbons (Fsp3) is 0.750. The summed E-state index contributed by atoms with van der Waals surface area (Å²) < 4.78 is 0. The molecule has 0 amide bonds. The van der Waals surface area contributed by atoms with Gasteiger partial charge in [-0.25, -0.2) is 4.98 Å². The highest BCUT2D eigenvalue weighted by Gasteiger charge is 2.13. The Kier molecular flexibility index (Phi) is 4.59. The standard InChI is InChI=1S/C12H21NS/c1-5-7-10(6-2)12-13-11(8-14-12)9(3)4/h8-10H,5-7H2,1-4H3. The van der Waals surface area contributed by atoms with Crippen molar-refractivity contribution in [1.29, 1.82) is 0 Å². The molecule has 0 saturated carbocycles. The Hall–Kier alpha value is -0.370. The first-order valence-electron chi connectivity index (χ1n) is 5.64. The van der Waals surface area contributed by atoms with Crippen molar-refractivity contribution in [1.82, 2.24) is 4.98 Å². The molecule has 1 unspecified atom stereocenters. The van der Waals surface area contributed by atoms with Crippen LogP contribution < -0.4 is 0 Å². The van der Waals surface area contributed by atoms with E-state index < -0.39 is 0 Å². The Bertz CT molecular complexity index is 265. The number of thiazole rings is 1. The fourth-order valence-electron chi connectivity index (χ4n) is 1.60. The third-order valence-electron chi connectivity index (χ3n) is 2.61. The van der Waals surface area contributed by atoms with E-state index in [-0.39, 0.29) is 0 Å². The van der Waals surface area contributed by atoms with Crippen LogP contribution in [0.1, 0.15) is 69.5 Å². The Morgan fingerprint density at radius 3 is 2.50 bits per heavy atom. The lowest BCUT2D eigenvalue weighted by Gasteiger charge is -2.09. The Balaban J connectivity index is 2.73. The minimum absolute atomic E-state index is 0.569. The molecule has 1 aromatic rings. The molecule has 80 valence electrons. The minimum atomic E-state index is 0.569. The summed E-state index contributed by atoms with van der Waals surface area (Å²) in [6.45, 7) is 8.93. The second-order valence-electron chi connectivity index (χ2n) is 4.16. The zero-order valence-corrected chi connectivity index (χ0v) is 10.5. The molecule has 0 N–H and O–H groups in total. The third-order valence-corrected chi connectivity index (χ3v) is 3.64. The van der Waals surface area contributed by atoms with E-state index in [2.05, 4.69) is 33.1 Å². The van der Waals surface area contributed by atoms with Crippen LogP contribution in [0.15, 0.2) is 5.38 Å². The Morgan fingerprint density at radius 2 is 2.07 bits per heavy atom. The minimum Gasteiger partial charge on any atom is -0.246 e. The van der Waals surface area contributed by atoms with E-state index in [4.69, 9.17) is 4.98 Å². The molecule has 0 saturated heterocycles. The maximum absolute atomic E-state index is 4.72. The zero-order chi connectivity index (χ0) is 10.6. The van der Waals surface area contributed by atoms with Crippen molar-refractivity contribution >= 4 is 11.3 Å². The van der Waals surface area contributed by atoms with Crippen LogP contribution in [0.3, 0.4) is 0 Å². The molecule has 1 heterocycles. The lowest BCUT2D eigenvalue weighted by atomic mass is 10.0. The molecule has 0 bridgehead atoms. The predicted octanol–water partition coefficient (Wildman–Crippen LogP) is 4.56. The smallest absolute Gasteiger partial charge is 0.0959 e. The largest absolute Gasteiger partial charge is 0.246 e. The highest BCUT2D eigenvalue weighted by atomic mass is 32.1. The monoisotopic (exact) mass is 211 g/mol. The van der Waals surface area contributed by atoms with E-state index in [1.807, 2.05) is 11.3 Å². The summed E-state index contributed by atoms with van der Waals surface area (Å²) in [7, 11) is 0. The summed E-state index contributed by atoms with van der Waals surface area (Å²) in [5.74, 6) is 1.26. The normalized spacial score (nSPS) is 13.5. The fourth-order valence-corrected chi connectivity index (χ4v) is 2.81.